The van der Waals surface area contributed by atoms with E-state index in [1.165, 1.54) is 6.20 Å². The minimum Gasteiger partial charge on any atom is -0.367 e. The van der Waals surface area contributed by atoms with Crippen molar-refractivity contribution in [3.8, 4) is 0 Å². The molecule has 0 radical (unpaired) electrons. The zero-order chi connectivity index (χ0) is 22.3. The molecule has 0 saturated heterocycles. The standard InChI is InChI=1S/C19H14F5N3O3/c1-18(30,9-2-4-10(5-3-9)19(22,23)24)27-17(29)16(28)26-15-8-25-14-7-13(21)12(20)6-11(14)15/h2-8,25,30H,1H3,(H,26,28)(H,27,29). The number of alkyl halides is 3. The van der Waals surface area contributed by atoms with Crippen molar-refractivity contribution in [1.29, 1.82) is 0 Å². The number of rotatable bonds is 3. The van der Waals surface area contributed by atoms with Crippen LogP contribution in [0.2, 0.25) is 0 Å². The van der Waals surface area contributed by atoms with E-state index in [-0.39, 0.29) is 22.2 Å². The molecule has 0 bridgehead atoms. The number of benzene rings is 2. The van der Waals surface area contributed by atoms with Crippen LogP contribution in [0.3, 0.4) is 0 Å². The van der Waals surface area contributed by atoms with Gasteiger partial charge >= 0.3 is 18.0 Å². The first-order chi connectivity index (χ1) is 13.9. The smallest absolute Gasteiger partial charge is 0.367 e. The quantitative estimate of drug-likeness (QED) is 0.293. The molecule has 11 heteroatoms. The first-order valence-corrected chi connectivity index (χ1v) is 8.38. The second-order valence-electron chi connectivity index (χ2n) is 6.57. The largest absolute Gasteiger partial charge is 0.416 e. The molecular formula is C19H14F5N3O3. The molecule has 0 aliphatic heterocycles. The molecule has 4 N–H and O–H groups in total. The van der Waals surface area contributed by atoms with Crippen molar-refractivity contribution in [3.05, 3.63) is 65.4 Å². The van der Waals surface area contributed by atoms with Gasteiger partial charge in [0.05, 0.1) is 16.8 Å². The van der Waals surface area contributed by atoms with Gasteiger partial charge in [-0.1, -0.05) is 12.1 Å². The summed E-state index contributed by atoms with van der Waals surface area (Å²) in [5.74, 6) is -4.82. The Kier molecular flexibility index (Phi) is 5.25. The van der Waals surface area contributed by atoms with E-state index in [1.807, 2.05) is 5.32 Å². The summed E-state index contributed by atoms with van der Waals surface area (Å²) in [6.45, 7) is 1.07. The van der Waals surface area contributed by atoms with Crippen molar-refractivity contribution in [2.75, 3.05) is 5.32 Å². The van der Waals surface area contributed by atoms with E-state index in [2.05, 4.69) is 10.3 Å². The number of hydrogen-bond donors (Lipinski definition) is 4. The number of aliphatic hydroxyl groups is 1. The molecule has 0 spiro atoms. The van der Waals surface area contributed by atoms with Gasteiger partial charge in [0, 0.05) is 23.2 Å². The zero-order valence-corrected chi connectivity index (χ0v) is 15.2. The SMILES string of the molecule is CC(O)(NC(=O)C(=O)Nc1c[nH]c2cc(F)c(F)cc12)c1ccc(C(F)(F)F)cc1. The van der Waals surface area contributed by atoms with Gasteiger partial charge in [-0.05, 0) is 25.1 Å². The predicted molar refractivity (Wildman–Crippen MR) is 96.0 cm³/mol. The number of fused-ring (bicyclic) bond motifs is 1. The Hall–Kier alpha value is -3.47. The molecule has 6 nitrogen and oxygen atoms in total. The van der Waals surface area contributed by atoms with Crippen LogP contribution < -0.4 is 10.6 Å². The Morgan fingerprint density at radius 2 is 1.53 bits per heavy atom. The van der Waals surface area contributed by atoms with E-state index in [1.54, 1.807) is 0 Å². The van der Waals surface area contributed by atoms with E-state index in [0.717, 1.165) is 43.3 Å². The molecule has 3 aromatic rings. The summed E-state index contributed by atoms with van der Waals surface area (Å²) in [6.07, 6.45) is -3.36. The van der Waals surface area contributed by atoms with Crippen LogP contribution in [0.25, 0.3) is 10.9 Å². The van der Waals surface area contributed by atoms with E-state index >= 15 is 0 Å². The highest BCUT2D eigenvalue weighted by Crippen LogP contribution is 2.30. The van der Waals surface area contributed by atoms with Gasteiger partial charge in [-0.25, -0.2) is 8.78 Å². The molecule has 1 aromatic heterocycles. The predicted octanol–water partition coefficient (Wildman–Crippen LogP) is 3.38. The molecule has 1 atom stereocenters. The molecule has 0 fully saturated rings. The first-order valence-electron chi connectivity index (χ1n) is 8.38. The first kappa shape index (κ1) is 21.2. The second-order valence-corrected chi connectivity index (χ2v) is 6.57. The van der Waals surface area contributed by atoms with Gasteiger partial charge in [0.15, 0.2) is 17.4 Å². The number of aromatic nitrogens is 1. The molecule has 2 amide bonds. The fraction of sp³-hybridized carbons (Fsp3) is 0.158. The Morgan fingerprint density at radius 3 is 2.13 bits per heavy atom. The van der Waals surface area contributed by atoms with Crippen LogP contribution in [0.1, 0.15) is 18.1 Å². The molecule has 3 rings (SSSR count). The number of aromatic amines is 1. The van der Waals surface area contributed by atoms with E-state index in [0.29, 0.717) is 0 Å². The second kappa shape index (κ2) is 7.41. The van der Waals surface area contributed by atoms with Crippen LogP contribution in [0.4, 0.5) is 27.6 Å². The normalized spacial score (nSPS) is 13.7. The maximum atomic E-state index is 13.4. The number of halogens is 5. The topological polar surface area (TPSA) is 94.2 Å². The Balaban J connectivity index is 1.73. The Labute approximate surface area is 165 Å². The van der Waals surface area contributed by atoms with Gasteiger partial charge in [0.2, 0.25) is 0 Å². The number of amides is 2. The van der Waals surface area contributed by atoms with Gasteiger partial charge in [0.25, 0.3) is 0 Å². The van der Waals surface area contributed by atoms with Crippen molar-refractivity contribution in [1.82, 2.24) is 10.3 Å². The molecule has 0 saturated carbocycles. The van der Waals surface area contributed by atoms with Crippen molar-refractivity contribution >= 4 is 28.4 Å². The summed E-state index contributed by atoms with van der Waals surface area (Å²) in [7, 11) is 0. The van der Waals surface area contributed by atoms with Crippen molar-refractivity contribution in [3.63, 3.8) is 0 Å². The monoisotopic (exact) mass is 427 g/mol. The molecule has 2 aromatic carbocycles. The summed E-state index contributed by atoms with van der Waals surface area (Å²) in [4.78, 5) is 26.9. The number of anilines is 1. The molecule has 30 heavy (non-hydrogen) atoms. The number of carbonyl (C=O) groups is 2. The molecule has 0 aliphatic carbocycles. The summed E-state index contributed by atoms with van der Waals surface area (Å²) < 4.78 is 64.6. The zero-order valence-electron chi connectivity index (χ0n) is 15.2. The van der Waals surface area contributed by atoms with Crippen LogP contribution in [-0.2, 0) is 21.5 Å². The number of hydrogen-bond acceptors (Lipinski definition) is 3. The van der Waals surface area contributed by atoms with Crippen LogP contribution >= 0.6 is 0 Å². The van der Waals surface area contributed by atoms with E-state index in [4.69, 9.17) is 0 Å². The van der Waals surface area contributed by atoms with Crippen LogP contribution in [0, 0.1) is 11.6 Å². The lowest BCUT2D eigenvalue weighted by molar-refractivity contribution is -0.141. The van der Waals surface area contributed by atoms with Gasteiger partial charge in [-0.3, -0.25) is 9.59 Å². The minimum atomic E-state index is -4.57. The highest BCUT2D eigenvalue weighted by molar-refractivity contribution is 6.40. The van der Waals surface area contributed by atoms with Gasteiger partial charge < -0.3 is 20.7 Å². The van der Waals surface area contributed by atoms with Crippen LogP contribution in [0.15, 0.2) is 42.6 Å². The van der Waals surface area contributed by atoms with Crippen LogP contribution in [-0.4, -0.2) is 21.9 Å². The fourth-order valence-electron chi connectivity index (χ4n) is 2.73. The summed E-state index contributed by atoms with van der Waals surface area (Å²) in [5, 5.41) is 14.6. The van der Waals surface area contributed by atoms with Crippen LogP contribution in [0.5, 0.6) is 0 Å². The summed E-state index contributed by atoms with van der Waals surface area (Å²) in [6, 6.07) is 5.05. The molecule has 158 valence electrons. The fourth-order valence-corrected chi connectivity index (χ4v) is 2.73. The summed E-state index contributed by atoms with van der Waals surface area (Å²) in [5.41, 5.74) is -3.05. The lowest BCUT2D eigenvalue weighted by Crippen LogP contribution is -2.47. The molecule has 1 unspecified atom stereocenters. The number of H-pyrrole nitrogens is 1. The Morgan fingerprint density at radius 1 is 0.967 bits per heavy atom. The average Bonchev–Trinajstić information content (AvgIpc) is 3.02. The third kappa shape index (κ3) is 4.25. The highest BCUT2D eigenvalue weighted by Gasteiger charge is 2.33. The highest BCUT2D eigenvalue weighted by atomic mass is 19.4. The lowest BCUT2D eigenvalue weighted by atomic mass is 10.0. The average molecular weight is 427 g/mol. The van der Waals surface area contributed by atoms with E-state index < -0.39 is 40.9 Å². The van der Waals surface area contributed by atoms with Gasteiger partial charge in [-0.2, -0.15) is 13.2 Å². The maximum absolute atomic E-state index is 13.4. The maximum Gasteiger partial charge on any atom is 0.416 e. The minimum absolute atomic E-state index is 0.0155. The Bertz CT molecular complexity index is 1120. The summed E-state index contributed by atoms with van der Waals surface area (Å²) >= 11 is 0. The molecule has 0 aliphatic rings. The van der Waals surface area contributed by atoms with E-state index in [9.17, 15) is 36.6 Å². The number of carbonyl (C=O) groups excluding carboxylic acids is 2. The molecule has 1 heterocycles. The molecular weight excluding hydrogens is 413 g/mol. The number of nitrogens with one attached hydrogen (secondary N) is 3. The third-order valence-corrected chi connectivity index (χ3v) is 4.31. The van der Waals surface area contributed by atoms with Crippen molar-refractivity contribution in [2.24, 2.45) is 0 Å². The lowest BCUT2D eigenvalue weighted by Gasteiger charge is -2.25. The van der Waals surface area contributed by atoms with Gasteiger partial charge in [0.1, 0.15) is 0 Å². The van der Waals surface area contributed by atoms with Crippen molar-refractivity contribution < 1.29 is 36.6 Å². The third-order valence-electron chi connectivity index (χ3n) is 4.31. The van der Waals surface area contributed by atoms with Crippen molar-refractivity contribution in [2.45, 2.75) is 18.8 Å². The van der Waals surface area contributed by atoms with Gasteiger partial charge in [-0.15, -0.1) is 0 Å².